The van der Waals surface area contributed by atoms with Crippen LogP contribution < -0.4 is 0 Å². The highest BCUT2D eigenvalue weighted by Crippen LogP contribution is 2.46. The minimum Gasteiger partial charge on any atom is -0.495 e. The number of hydrogen-bond donors (Lipinski definition) is 0. The molecule has 100 valence electrons. The topological polar surface area (TPSA) is 26.3 Å². The summed E-state index contributed by atoms with van der Waals surface area (Å²) in [6, 6.07) is 0. The molecular weight excluding hydrogens is 224 g/mol. The highest BCUT2D eigenvalue weighted by molar-refractivity contribution is 5.82. The molecule has 0 amide bonds. The Bertz CT molecular complexity index is 369. The van der Waals surface area contributed by atoms with Crippen LogP contribution in [0, 0.1) is 11.8 Å². The molecule has 0 saturated heterocycles. The second-order valence-corrected chi connectivity index (χ2v) is 6.13. The predicted octanol–water partition coefficient (Wildman–Crippen LogP) is 4.00. The minimum atomic E-state index is 0.337. The second-order valence-electron chi connectivity index (χ2n) is 6.13. The van der Waals surface area contributed by atoms with Gasteiger partial charge in [-0.25, -0.2) is 0 Å². The Kier molecular flexibility index (Phi) is 3.45. The van der Waals surface area contributed by atoms with Crippen LogP contribution in [-0.2, 0) is 9.53 Å². The number of rotatable bonds is 2. The van der Waals surface area contributed by atoms with Crippen LogP contribution in [0.3, 0.4) is 0 Å². The molecule has 0 bridgehead atoms. The van der Waals surface area contributed by atoms with Gasteiger partial charge in [0.15, 0.2) is 0 Å². The van der Waals surface area contributed by atoms with Crippen molar-refractivity contribution in [3.8, 4) is 0 Å². The Balaban J connectivity index is 1.78. The molecule has 1 saturated carbocycles. The summed E-state index contributed by atoms with van der Waals surface area (Å²) < 4.78 is 6.18. The normalized spacial score (nSPS) is 35.8. The van der Waals surface area contributed by atoms with Crippen molar-refractivity contribution in [3.63, 3.8) is 0 Å². The van der Waals surface area contributed by atoms with E-state index in [4.69, 9.17) is 4.74 Å². The molecule has 0 aromatic rings. The highest BCUT2D eigenvalue weighted by atomic mass is 16.5. The lowest BCUT2D eigenvalue weighted by atomic mass is 9.67. The highest BCUT2D eigenvalue weighted by Gasteiger charge is 2.40. The van der Waals surface area contributed by atoms with E-state index in [1.54, 1.807) is 0 Å². The zero-order chi connectivity index (χ0) is 12.5. The Hall–Kier alpha value is -0.790. The van der Waals surface area contributed by atoms with E-state index < -0.39 is 0 Å². The molecule has 18 heavy (non-hydrogen) atoms. The largest absolute Gasteiger partial charge is 0.495 e. The van der Waals surface area contributed by atoms with Gasteiger partial charge < -0.3 is 4.74 Å². The van der Waals surface area contributed by atoms with Crippen LogP contribution in [0.15, 0.2) is 11.3 Å². The van der Waals surface area contributed by atoms with Gasteiger partial charge in [-0.05, 0) is 50.0 Å². The van der Waals surface area contributed by atoms with E-state index in [0.29, 0.717) is 23.7 Å². The van der Waals surface area contributed by atoms with E-state index in [9.17, 15) is 4.79 Å². The Morgan fingerprint density at radius 3 is 2.83 bits per heavy atom. The van der Waals surface area contributed by atoms with Gasteiger partial charge in [0.2, 0.25) is 0 Å². The van der Waals surface area contributed by atoms with E-state index in [0.717, 1.165) is 25.7 Å². The SMILES string of the molecule is CCCC1CCC2=C(CC[C@H]3C(=O)CCC[C@@H]23)O1. The molecule has 0 N–H and O–H groups in total. The van der Waals surface area contributed by atoms with Crippen molar-refractivity contribution in [3.05, 3.63) is 11.3 Å². The van der Waals surface area contributed by atoms with Crippen LogP contribution in [0.2, 0.25) is 0 Å². The van der Waals surface area contributed by atoms with Crippen LogP contribution in [0.1, 0.15) is 64.7 Å². The summed E-state index contributed by atoms with van der Waals surface area (Å²) >= 11 is 0. The van der Waals surface area contributed by atoms with E-state index >= 15 is 0 Å². The van der Waals surface area contributed by atoms with Crippen LogP contribution in [0.25, 0.3) is 0 Å². The molecule has 2 aliphatic carbocycles. The van der Waals surface area contributed by atoms with Crippen molar-refractivity contribution in [1.82, 2.24) is 0 Å². The molecule has 1 unspecified atom stereocenters. The summed E-state index contributed by atoms with van der Waals surface area (Å²) in [5.74, 6) is 2.67. The molecule has 1 heterocycles. The number of carbonyl (C=O) groups is 1. The molecule has 2 nitrogen and oxygen atoms in total. The van der Waals surface area contributed by atoms with Crippen LogP contribution in [0.5, 0.6) is 0 Å². The van der Waals surface area contributed by atoms with Crippen molar-refractivity contribution in [2.24, 2.45) is 11.8 Å². The lowest BCUT2D eigenvalue weighted by Crippen LogP contribution is -2.36. The molecule has 3 rings (SSSR count). The van der Waals surface area contributed by atoms with Crippen molar-refractivity contribution >= 4 is 5.78 Å². The van der Waals surface area contributed by atoms with Crippen LogP contribution in [0.4, 0.5) is 0 Å². The standard InChI is InChI=1S/C16H24O2/c1-2-4-11-7-8-14-12-5-3-6-15(17)13(12)9-10-16(14)18-11/h11-13H,2-10H2,1H3/t11?,12-,13-/m1/s1. The fourth-order valence-electron chi connectivity index (χ4n) is 4.10. The molecule has 3 atom stereocenters. The number of carbonyl (C=O) groups excluding carboxylic acids is 1. The monoisotopic (exact) mass is 248 g/mol. The van der Waals surface area contributed by atoms with Gasteiger partial charge in [-0.15, -0.1) is 0 Å². The second kappa shape index (κ2) is 5.07. The minimum absolute atomic E-state index is 0.337. The van der Waals surface area contributed by atoms with Gasteiger partial charge >= 0.3 is 0 Å². The summed E-state index contributed by atoms with van der Waals surface area (Å²) in [7, 11) is 0. The maximum absolute atomic E-state index is 12.0. The third kappa shape index (κ3) is 2.10. The molecule has 1 fully saturated rings. The number of ketones is 1. The fourth-order valence-corrected chi connectivity index (χ4v) is 4.10. The molecule has 0 spiro atoms. The van der Waals surface area contributed by atoms with Gasteiger partial charge in [0.25, 0.3) is 0 Å². The summed E-state index contributed by atoms with van der Waals surface area (Å²) in [4.78, 5) is 12.0. The Morgan fingerprint density at radius 1 is 1.11 bits per heavy atom. The van der Waals surface area contributed by atoms with Gasteiger partial charge in [0.05, 0.1) is 11.9 Å². The van der Waals surface area contributed by atoms with E-state index in [2.05, 4.69) is 6.92 Å². The first-order valence-electron chi connectivity index (χ1n) is 7.71. The molecule has 1 aliphatic heterocycles. The lowest BCUT2D eigenvalue weighted by molar-refractivity contribution is -0.127. The maximum Gasteiger partial charge on any atom is 0.136 e. The molecular formula is C16H24O2. The molecule has 0 radical (unpaired) electrons. The van der Waals surface area contributed by atoms with E-state index in [-0.39, 0.29) is 0 Å². The first kappa shape index (κ1) is 12.3. The third-order valence-corrected chi connectivity index (χ3v) is 4.98. The van der Waals surface area contributed by atoms with E-state index in [1.807, 2.05) is 0 Å². The average Bonchev–Trinajstić information content (AvgIpc) is 2.39. The predicted molar refractivity (Wildman–Crippen MR) is 71.1 cm³/mol. The molecule has 2 heteroatoms. The first-order valence-corrected chi connectivity index (χ1v) is 7.71. The quantitative estimate of drug-likeness (QED) is 0.738. The first-order chi connectivity index (χ1) is 8.79. The van der Waals surface area contributed by atoms with Crippen molar-refractivity contribution in [2.45, 2.75) is 70.8 Å². The van der Waals surface area contributed by atoms with Gasteiger partial charge in [-0.2, -0.15) is 0 Å². The van der Waals surface area contributed by atoms with Crippen molar-refractivity contribution in [1.29, 1.82) is 0 Å². The summed E-state index contributed by atoms with van der Waals surface area (Å²) in [6.07, 6.45) is 10.4. The van der Waals surface area contributed by atoms with Crippen LogP contribution >= 0.6 is 0 Å². The molecule has 0 aromatic heterocycles. The van der Waals surface area contributed by atoms with Gasteiger partial charge in [-0.3, -0.25) is 4.79 Å². The van der Waals surface area contributed by atoms with Gasteiger partial charge in [-0.1, -0.05) is 13.3 Å². The summed E-state index contributed by atoms with van der Waals surface area (Å²) in [6.45, 7) is 2.23. The Labute approximate surface area is 110 Å². The number of ether oxygens (including phenoxy) is 1. The third-order valence-electron chi connectivity index (χ3n) is 4.98. The number of fused-ring (bicyclic) bond motifs is 2. The summed E-state index contributed by atoms with van der Waals surface area (Å²) in [5.41, 5.74) is 1.52. The van der Waals surface area contributed by atoms with Crippen molar-refractivity contribution in [2.75, 3.05) is 0 Å². The maximum atomic E-state index is 12.0. The van der Waals surface area contributed by atoms with Crippen molar-refractivity contribution < 1.29 is 9.53 Å². The zero-order valence-corrected chi connectivity index (χ0v) is 11.4. The smallest absolute Gasteiger partial charge is 0.136 e. The molecule has 3 aliphatic rings. The number of allylic oxidation sites excluding steroid dienone is 2. The average molecular weight is 248 g/mol. The zero-order valence-electron chi connectivity index (χ0n) is 11.4. The fraction of sp³-hybridized carbons (Fsp3) is 0.812. The lowest BCUT2D eigenvalue weighted by Gasteiger charge is -2.41. The number of hydrogen-bond acceptors (Lipinski definition) is 2. The molecule has 0 aromatic carbocycles. The van der Waals surface area contributed by atoms with E-state index in [1.165, 1.54) is 43.4 Å². The number of Topliss-reactive ketones (excluding diaryl/α,β-unsaturated/α-hetero) is 1. The van der Waals surface area contributed by atoms with Crippen LogP contribution in [-0.4, -0.2) is 11.9 Å². The van der Waals surface area contributed by atoms with Gasteiger partial charge in [0, 0.05) is 18.8 Å². The summed E-state index contributed by atoms with van der Waals surface area (Å²) in [5, 5.41) is 0. The Morgan fingerprint density at radius 2 is 2.00 bits per heavy atom. The van der Waals surface area contributed by atoms with Gasteiger partial charge in [0.1, 0.15) is 5.78 Å².